The molecule has 0 radical (unpaired) electrons. The zero-order valence-corrected chi connectivity index (χ0v) is 28.9. The Hall–Kier alpha value is -5.19. The summed E-state index contributed by atoms with van der Waals surface area (Å²) < 4.78 is 11.9. The normalized spacial score (nSPS) is 12.1. The zero-order valence-electron chi connectivity index (χ0n) is 27.2. The lowest BCUT2D eigenvalue weighted by atomic mass is 9.98. The molecule has 6 aromatic rings. The van der Waals surface area contributed by atoms with Crippen LogP contribution in [0.25, 0.3) is 22.0 Å². The van der Waals surface area contributed by atoms with E-state index in [0.717, 1.165) is 37.1 Å². The SMILES string of the molecule is CCOC(=O)c1cc(Nc2ccnc3cc(C(C)C)ncc23)c(Sc2ccc(NC(=O)OCC3c4ccccc4-c4ccccc43)cc2)s1. The van der Waals surface area contributed by atoms with Gasteiger partial charge in [-0.3, -0.25) is 15.3 Å². The van der Waals surface area contributed by atoms with Gasteiger partial charge in [-0.2, -0.15) is 0 Å². The molecule has 3 heterocycles. The van der Waals surface area contributed by atoms with Gasteiger partial charge in [0.15, 0.2) is 0 Å². The number of pyridine rings is 2. The van der Waals surface area contributed by atoms with Crippen molar-refractivity contribution in [3.63, 3.8) is 0 Å². The minimum absolute atomic E-state index is 0.0102. The highest BCUT2D eigenvalue weighted by Crippen LogP contribution is 2.45. The number of hydrogen-bond acceptors (Lipinski definition) is 9. The number of ether oxygens (including phenoxy) is 2. The third kappa shape index (κ3) is 6.88. The molecule has 2 N–H and O–H groups in total. The van der Waals surface area contributed by atoms with E-state index < -0.39 is 6.09 Å². The van der Waals surface area contributed by atoms with Crippen LogP contribution in [0.4, 0.5) is 21.9 Å². The third-order valence-electron chi connectivity index (χ3n) is 8.34. The van der Waals surface area contributed by atoms with Gasteiger partial charge >= 0.3 is 12.1 Å². The van der Waals surface area contributed by atoms with Crippen molar-refractivity contribution in [2.45, 2.75) is 41.7 Å². The Labute approximate surface area is 292 Å². The molecular formula is C39H34N4O4S2. The molecule has 0 saturated carbocycles. The summed E-state index contributed by atoms with van der Waals surface area (Å²) in [6.45, 7) is 6.53. The first-order valence-corrected chi connectivity index (χ1v) is 17.7. The highest BCUT2D eigenvalue weighted by molar-refractivity contribution is 8.01. The third-order valence-corrected chi connectivity index (χ3v) is 10.7. The van der Waals surface area contributed by atoms with Gasteiger partial charge in [-0.1, -0.05) is 74.1 Å². The summed E-state index contributed by atoms with van der Waals surface area (Å²) in [5, 5.41) is 7.26. The Morgan fingerprint density at radius 2 is 1.59 bits per heavy atom. The summed E-state index contributed by atoms with van der Waals surface area (Å²) in [6.07, 6.45) is 3.10. The number of thiophene rings is 1. The molecule has 0 fully saturated rings. The standard InChI is InChI=1S/C39H34N4O4S2/c1-4-46-37(44)36-20-35(43-32-17-18-40-34-19-33(23(2)3)41-21-30(32)34)38(49-36)48-25-15-13-24(14-16-25)42-39(45)47-22-31-28-11-7-5-9-26(28)27-10-6-8-12-29(27)31/h5-21,23,31H,4,22H2,1-3H3,(H,40,43)(H,42,45). The van der Waals surface area contributed by atoms with Crippen LogP contribution in [-0.4, -0.2) is 35.2 Å². The minimum atomic E-state index is -0.509. The van der Waals surface area contributed by atoms with Crippen LogP contribution in [0.15, 0.2) is 112 Å². The number of carbonyl (C=O) groups is 2. The van der Waals surface area contributed by atoms with Gasteiger partial charge in [0.25, 0.3) is 0 Å². The second-order valence-electron chi connectivity index (χ2n) is 11.9. The molecule has 1 amide bonds. The first-order valence-electron chi connectivity index (χ1n) is 16.1. The fourth-order valence-corrected chi connectivity index (χ4v) is 8.10. The Morgan fingerprint density at radius 1 is 0.878 bits per heavy atom. The quantitative estimate of drug-likeness (QED) is 0.137. The lowest BCUT2D eigenvalue weighted by Gasteiger charge is -2.14. The Balaban J connectivity index is 1.05. The number of aromatic nitrogens is 2. The van der Waals surface area contributed by atoms with E-state index in [0.29, 0.717) is 17.2 Å². The molecule has 10 heteroatoms. The number of nitrogens with zero attached hydrogens (tertiary/aromatic N) is 2. The summed E-state index contributed by atoms with van der Waals surface area (Å²) >= 11 is 2.88. The van der Waals surface area contributed by atoms with Crippen molar-refractivity contribution in [3.05, 3.63) is 125 Å². The number of fused-ring (bicyclic) bond motifs is 4. The van der Waals surface area contributed by atoms with Crippen molar-refractivity contribution >= 4 is 63.1 Å². The van der Waals surface area contributed by atoms with Crippen LogP contribution in [0.5, 0.6) is 0 Å². The van der Waals surface area contributed by atoms with Crippen LogP contribution in [0, 0.1) is 0 Å². The molecule has 49 heavy (non-hydrogen) atoms. The number of amides is 1. The summed E-state index contributed by atoms with van der Waals surface area (Å²) in [7, 11) is 0. The van der Waals surface area contributed by atoms with Gasteiger partial charge in [0, 0.05) is 40.0 Å². The van der Waals surface area contributed by atoms with Crippen LogP contribution in [0.3, 0.4) is 0 Å². The molecule has 3 aromatic heterocycles. The van der Waals surface area contributed by atoms with Gasteiger partial charge in [-0.15, -0.1) is 11.3 Å². The van der Waals surface area contributed by atoms with Crippen molar-refractivity contribution in [1.29, 1.82) is 0 Å². The molecule has 1 aliphatic rings. The van der Waals surface area contributed by atoms with Crippen LogP contribution in [0.1, 0.15) is 59.1 Å². The van der Waals surface area contributed by atoms with Crippen LogP contribution in [0.2, 0.25) is 0 Å². The molecule has 7 rings (SSSR count). The number of esters is 1. The van der Waals surface area contributed by atoms with E-state index in [2.05, 4.69) is 58.7 Å². The van der Waals surface area contributed by atoms with E-state index in [1.165, 1.54) is 45.4 Å². The average Bonchev–Trinajstić information content (AvgIpc) is 3.66. The maximum atomic E-state index is 12.9. The van der Waals surface area contributed by atoms with Crippen molar-refractivity contribution < 1.29 is 19.1 Å². The number of benzene rings is 3. The van der Waals surface area contributed by atoms with Gasteiger partial charge in [0.1, 0.15) is 11.5 Å². The highest BCUT2D eigenvalue weighted by Gasteiger charge is 2.29. The van der Waals surface area contributed by atoms with Crippen molar-refractivity contribution in [2.75, 3.05) is 23.8 Å². The lowest BCUT2D eigenvalue weighted by molar-refractivity contribution is 0.0532. The van der Waals surface area contributed by atoms with E-state index in [1.807, 2.05) is 72.9 Å². The summed E-state index contributed by atoms with van der Waals surface area (Å²) in [6, 6.07) is 29.8. The number of rotatable bonds is 10. The second-order valence-corrected chi connectivity index (χ2v) is 14.3. The number of nitrogens with one attached hydrogen (secondary N) is 2. The Kier molecular flexibility index (Phi) is 9.32. The molecule has 3 aromatic carbocycles. The predicted molar refractivity (Wildman–Crippen MR) is 196 cm³/mol. The predicted octanol–water partition coefficient (Wildman–Crippen LogP) is 10.2. The smallest absolute Gasteiger partial charge is 0.411 e. The van der Waals surface area contributed by atoms with Gasteiger partial charge in [0.2, 0.25) is 0 Å². The molecule has 0 aliphatic heterocycles. The van der Waals surface area contributed by atoms with E-state index in [4.69, 9.17) is 9.47 Å². The van der Waals surface area contributed by atoms with Gasteiger partial charge in [0.05, 0.1) is 27.7 Å². The van der Waals surface area contributed by atoms with Crippen LogP contribution in [-0.2, 0) is 9.47 Å². The molecule has 0 atom stereocenters. The summed E-state index contributed by atoms with van der Waals surface area (Å²) in [4.78, 5) is 36.2. The fraction of sp³-hybridized carbons (Fsp3) is 0.179. The van der Waals surface area contributed by atoms with Crippen LogP contribution >= 0.6 is 23.1 Å². The maximum absolute atomic E-state index is 12.9. The Bertz CT molecular complexity index is 2120. The van der Waals surface area contributed by atoms with Gasteiger partial charge in [-0.05, 0) is 77.6 Å². The van der Waals surface area contributed by atoms with E-state index in [-0.39, 0.29) is 24.4 Å². The lowest BCUT2D eigenvalue weighted by Crippen LogP contribution is -2.17. The molecular weight excluding hydrogens is 653 g/mol. The maximum Gasteiger partial charge on any atom is 0.411 e. The van der Waals surface area contributed by atoms with Crippen molar-refractivity contribution in [3.8, 4) is 11.1 Å². The molecule has 8 nitrogen and oxygen atoms in total. The van der Waals surface area contributed by atoms with Gasteiger partial charge < -0.3 is 14.8 Å². The van der Waals surface area contributed by atoms with E-state index in [1.54, 1.807) is 13.1 Å². The molecule has 0 bridgehead atoms. The second kappa shape index (κ2) is 14.1. The van der Waals surface area contributed by atoms with Crippen LogP contribution < -0.4 is 10.6 Å². The largest absolute Gasteiger partial charge is 0.462 e. The van der Waals surface area contributed by atoms with Crippen molar-refractivity contribution in [2.24, 2.45) is 0 Å². The molecule has 1 aliphatic carbocycles. The summed E-state index contributed by atoms with van der Waals surface area (Å²) in [5.41, 5.74) is 8.76. The topological polar surface area (TPSA) is 102 Å². The minimum Gasteiger partial charge on any atom is -0.462 e. The van der Waals surface area contributed by atoms with E-state index >= 15 is 0 Å². The molecule has 246 valence electrons. The average molecular weight is 687 g/mol. The first-order chi connectivity index (χ1) is 23.9. The van der Waals surface area contributed by atoms with Gasteiger partial charge in [-0.25, -0.2) is 9.59 Å². The number of hydrogen-bond donors (Lipinski definition) is 2. The number of carbonyl (C=O) groups excluding carboxylic acids is 2. The first kappa shape index (κ1) is 32.4. The van der Waals surface area contributed by atoms with E-state index in [9.17, 15) is 9.59 Å². The van der Waals surface area contributed by atoms with Crippen molar-refractivity contribution in [1.82, 2.24) is 9.97 Å². The Morgan fingerprint density at radius 3 is 2.29 bits per heavy atom. The highest BCUT2D eigenvalue weighted by atomic mass is 32.2. The monoisotopic (exact) mass is 686 g/mol. The molecule has 0 saturated heterocycles. The fourth-order valence-electron chi connectivity index (χ4n) is 5.93. The zero-order chi connectivity index (χ0) is 33.9. The summed E-state index contributed by atoms with van der Waals surface area (Å²) in [5.74, 6) is -0.0906. The molecule has 0 spiro atoms. The molecule has 0 unspecified atom stereocenters. The number of anilines is 3.